The number of halogens is 6. The first-order valence-corrected chi connectivity index (χ1v) is 10.5. The van der Waals surface area contributed by atoms with Crippen molar-refractivity contribution in [3.63, 3.8) is 0 Å². The molecule has 0 aliphatic heterocycles. The van der Waals surface area contributed by atoms with Crippen LogP contribution in [0, 0.1) is 0 Å². The molecule has 3 aromatic rings. The topological polar surface area (TPSA) is 24.7 Å². The molecule has 0 aliphatic carbocycles. The molecule has 2 nitrogen and oxygen atoms in total. The molecule has 3 aromatic carbocycles. The van der Waals surface area contributed by atoms with Crippen molar-refractivity contribution < 1.29 is 0 Å². The lowest BCUT2D eigenvalue weighted by Crippen LogP contribution is -1.97. The molecule has 29 heavy (non-hydrogen) atoms. The first-order chi connectivity index (χ1) is 13.8. The fraction of sp³-hybridized carbons (Fsp3) is 0.0476. The predicted molar refractivity (Wildman–Crippen MR) is 127 cm³/mol. The monoisotopic (exact) mass is 502 g/mol. The summed E-state index contributed by atoms with van der Waals surface area (Å²) in [5.74, 6) is 0. The van der Waals surface area contributed by atoms with Crippen molar-refractivity contribution in [2.45, 2.75) is 6.17 Å². The summed E-state index contributed by atoms with van der Waals surface area (Å²) in [6.45, 7) is 0. The van der Waals surface area contributed by atoms with Crippen LogP contribution in [-0.4, -0.2) is 12.4 Å². The Kier molecular flexibility index (Phi) is 7.86. The van der Waals surface area contributed by atoms with Crippen LogP contribution in [-0.2, 0) is 0 Å². The van der Waals surface area contributed by atoms with Crippen molar-refractivity contribution in [2.75, 3.05) is 0 Å². The van der Waals surface area contributed by atoms with Gasteiger partial charge in [0.25, 0.3) is 0 Å². The first kappa shape index (κ1) is 22.4. The third-order valence-electron chi connectivity index (χ3n) is 3.88. The number of benzene rings is 3. The molecule has 3 rings (SSSR count). The molecule has 0 unspecified atom stereocenters. The van der Waals surface area contributed by atoms with Gasteiger partial charge < -0.3 is 0 Å². The normalized spacial score (nSPS) is 12.8. The van der Waals surface area contributed by atoms with Crippen molar-refractivity contribution in [3.8, 4) is 0 Å². The Balaban J connectivity index is 1.99. The van der Waals surface area contributed by atoms with Gasteiger partial charge in [-0.05, 0) is 36.4 Å². The Hall–Kier alpha value is -1.26. The Morgan fingerprint density at radius 1 is 0.552 bits per heavy atom. The van der Waals surface area contributed by atoms with Gasteiger partial charge in [0.05, 0.1) is 10.0 Å². The van der Waals surface area contributed by atoms with Crippen LogP contribution >= 0.6 is 69.6 Å². The van der Waals surface area contributed by atoms with Gasteiger partial charge in [-0.2, -0.15) is 0 Å². The van der Waals surface area contributed by atoms with Gasteiger partial charge in [-0.15, -0.1) is 0 Å². The van der Waals surface area contributed by atoms with Crippen molar-refractivity contribution in [2.24, 2.45) is 9.98 Å². The minimum absolute atomic E-state index is 0.446. The van der Waals surface area contributed by atoms with E-state index in [2.05, 4.69) is 9.98 Å². The van der Waals surface area contributed by atoms with Gasteiger partial charge in [-0.3, -0.25) is 9.98 Å². The fourth-order valence-electron chi connectivity index (χ4n) is 2.42. The van der Waals surface area contributed by atoms with Crippen molar-refractivity contribution in [1.82, 2.24) is 0 Å². The fourth-order valence-corrected chi connectivity index (χ4v) is 3.84. The summed E-state index contributed by atoms with van der Waals surface area (Å²) >= 11 is 36.8. The molecule has 148 valence electrons. The highest BCUT2D eigenvalue weighted by molar-refractivity contribution is 6.37. The highest BCUT2D eigenvalue weighted by Gasteiger charge is 2.13. The highest BCUT2D eigenvalue weighted by Crippen LogP contribution is 2.30. The Labute approximate surface area is 198 Å². The lowest BCUT2D eigenvalue weighted by Gasteiger charge is -2.11. The average molecular weight is 505 g/mol. The zero-order valence-corrected chi connectivity index (χ0v) is 19.1. The molecule has 0 aromatic heterocycles. The zero-order valence-electron chi connectivity index (χ0n) is 14.6. The summed E-state index contributed by atoms with van der Waals surface area (Å²) in [7, 11) is 0. The lowest BCUT2D eigenvalue weighted by atomic mass is 10.1. The third-order valence-corrected chi connectivity index (χ3v) is 5.56. The number of hydrogen-bond donors (Lipinski definition) is 0. The maximum Gasteiger partial charge on any atom is 0.166 e. The maximum atomic E-state index is 6.37. The summed E-state index contributed by atoms with van der Waals surface area (Å²) < 4.78 is 0. The second-order valence-corrected chi connectivity index (χ2v) is 8.46. The summed E-state index contributed by atoms with van der Waals surface area (Å²) in [6, 6.07) is 15.4. The largest absolute Gasteiger partial charge is 0.261 e. The van der Waals surface area contributed by atoms with Gasteiger partial charge in [0.1, 0.15) is 0 Å². The molecule has 0 heterocycles. The minimum atomic E-state index is -0.641. The third kappa shape index (κ3) is 6.11. The van der Waals surface area contributed by atoms with E-state index in [0.29, 0.717) is 46.8 Å². The smallest absolute Gasteiger partial charge is 0.166 e. The van der Waals surface area contributed by atoms with Crippen LogP contribution < -0.4 is 0 Å². The second kappa shape index (κ2) is 10.2. The Bertz CT molecular complexity index is 1030. The molecular weight excluding hydrogens is 493 g/mol. The minimum Gasteiger partial charge on any atom is -0.261 e. The molecule has 0 N–H and O–H groups in total. The van der Waals surface area contributed by atoms with E-state index in [9.17, 15) is 0 Å². The summed E-state index contributed by atoms with van der Waals surface area (Å²) in [6.07, 6.45) is 2.60. The van der Waals surface area contributed by atoms with Crippen LogP contribution in [0.4, 0.5) is 0 Å². The summed E-state index contributed by atoms with van der Waals surface area (Å²) in [5, 5.41) is 3.01. The van der Waals surface area contributed by atoms with E-state index in [1.165, 1.54) is 0 Å². The van der Waals surface area contributed by atoms with E-state index in [4.69, 9.17) is 69.6 Å². The van der Waals surface area contributed by atoms with E-state index in [1.54, 1.807) is 67.0 Å². The lowest BCUT2D eigenvalue weighted by molar-refractivity contribution is 0.787. The molecule has 0 spiro atoms. The van der Waals surface area contributed by atoms with Crippen molar-refractivity contribution >= 4 is 82.0 Å². The molecule has 0 bridgehead atoms. The van der Waals surface area contributed by atoms with Gasteiger partial charge in [0, 0.05) is 49.2 Å². The number of hydrogen-bond acceptors (Lipinski definition) is 2. The Morgan fingerprint density at radius 3 is 1.38 bits per heavy atom. The molecule has 0 atom stereocenters. The quantitative estimate of drug-likeness (QED) is 0.310. The SMILES string of the molecule is Clc1ccc(C=NC(N=Cc2ccc(Cl)cc2Cl)c2ccc(Cl)cc2Cl)c(Cl)c1. The molecule has 0 aliphatic rings. The number of aliphatic imine (C=N–C) groups is 2. The van der Waals surface area contributed by atoms with Gasteiger partial charge in [0.2, 0.25) is 0 Å². The summed E-state index contributed by atoms with van der Waals surface area (Å²) in [5.41, 5.74) is 2.08. The highest BCUT2D eigenvalue weighted by atomic mass is 35.5. The zero-order chi connectivity index (χ0) is 21.0. The molecule has 0 amide bonds. The van der Waals surface area contributed by atoms with Gasteiger partial charge in [-0.1, -0.05) is 87.8 Å². The number of nitrogens with zero attached hydrogens (tertiary/aromatic N) is 2. The maximum absolute atomic E-state index is 6.37. The Morgan fingerprint density at radius 2 is 0.966 bits per heavy atom. The van der Waals surface area contributed by atoms with E-state index >= 15 is 0 Å². The van der Waals surface area contributed by atoms with Gasteiger partial charge in [-0.25, -0.2) is 0 Å². The molecule has 0 fully saturated rings. The molecule has 0 radical (unpaired) electrons. The van der Waals surface area contributed by atoms with Crippen LogP contribution in [0.1, 0.15) is 22.9 Å². The number of rotatable bonds is 5. The predicted octanol–water partition coefficient (Wildman–Crippen LogP) is 8.84. The van der Waals surface area contributed by atoms with Gasteiger partial charge in [0.15, 0.2) is 6.17 Å². The van der Waals surface area contributed by atoms with Crippen LogP contribution in [0.25, 0.3) is 0 Å². The molecule has 8 heteroatoms. The average Bonchev–Trinajstić information content (AvgIpc) is 2.65. The van der Waals surface area contributed by atoms with Gasteiger partial charge >= 0.3 is 0 Å². The molecule has 0 saturated heterocycles. The van der Waals surface area contributed by atoms with E-state index in [1.807, 2.05) is 0 Å². The van der Waals surface area contributed by atoms with E-state index in [-0.39, 0.29) is 0 Å². The van der Waals surface area contributed by atoms with Crippen molar-refractivity contribution in [3.05, 3.63) is 101 Å². The molecule has 0 saturated carbocycles. The second-order valence-electron chi connectivity index (χ2n) is 5.93. The van der Waals surface area contributed by atoms with Crippen LogP contribution in [0.3, 0.4) is 0 Å². The first-order valence-electron chi connectivity index (χ1n) is 8.25. The van der Waals surface area contributed by atoms with Crippen molar-refractivity contribution in [1.29, 1.82) is 0 Å². The van der Waals surface area contributed by atoms with E-state index < -0.39 is 6.17 Å². The van der Waals surface area contributed by atoms with Crippen LogP contribution in [0.2, 0.25) is 30.1 Å². The summed E-state index contributed by atoms with van der Waals surface area (Å²) in [4.78, 5) is 9.12. The van der Waals surface area contributed by atoms with Crippen LogP contribution in [0.5, 0.6) is 0 Å². The van der Waals surface area contributed by atoms with Crippen LogP contribution in [0.15, 0.2) is 64.6 Å². The van der Waals surface area contributed by atoms with E-state index in [0.717, 1.165) is 0 Å². The molecular formula is C21H12Cl6N2. The standard InChI is InChI=1S/C21H12Cl6N2/c22-14-3-1-12(18(25)7-14)10-28-21(17-6-5-16(24)9-20(17)27)29-11-13-2-4-15(23)8-19(13)26/h1-11,21H.